The summed E-state index contributed by atoms with van der Waals surface area (Å²) in [6, 6.07) is 16.6. The van der Waals surface area contributed by atoms with Crippen molar-refractivity contribution in [2.24, 2.45) is 0 Å². The normalized spacial score (nSPS) is 20.8. The first-order valence-electron chi connectivity index (χ1n) is 18.1. The Labute approximate surface area is 324 Å². The maximum Gasteiger partial charge on any atom is 0.303 e. The maximum absolute atomic E-state index is 13.2. The van der Waals surface area contributed by atoms with Gasteiger partial charge in [0.15, 0.2) is 18.5 Å². The summed E-state index contributed by atoms with van der Waals surface area (Å²) < 4.78 is 46.2. The summed E-state index contributed by atoms with van der Waals surface area (Å²) in [5.74, 6) is -3.45. The molecule has 1 saturated heterocycles. The zero-order chi connectivity index (χ0) is 40.7. The lowest BCUT2D eigenvalue weighted by molar-refractivity contribution is -0.288. The summed E-state index contributed by atoms with van der Waals surface area (Å²) in [4.78, 5) is 76.0. The Morgan fingerprint density at radius 2 is 1.34 bits per heavy atom. The zero-order valence-electron chi connectivity index (χ0n) is 32.2. The Hall–Kier alpha value is -5.96. The number of carbonyl (C=O) groups excluding carboxylic acids is 6. The minimum atomic E-state index is -1.60. The van der Waals surface area contributed by atoms with Gasteiger partial charge in [-0.05, 0) is 37.1 Å². The van der Waals surface area contributed by atoms with Gasteiger partial charge in [-0.2, -0.15) is 0 Å². The summed E-state index contributed by atoms with van der Waals surface area (Å²) in [6.07, 6.45) is -6.75. The van der Waals surface area contributed by atoms with Crippen LogP contribution in [-0.4, -0.2) is 86.5 Å². The van der Waals surface area contributed by atoms with Gasteiger partial charge >= 0.3 is 29.8 Å². The van der Waals surface area contributed by atoms with Crippen LogP contribution >= 0.6 is 0 Å². The molecule has 0 N–H and O–H groups in total. The van der Waals surface area contributed by atoms with Crippen molar-refractivity contribution >= 4 is 41.8 Å². The highest BCUT2D eigenvalue weighted by Crippen LogP contribution is 2.52. The second kappa shape index (κ2) is 18.1. The third kappa shape index (κ3) is 9.28. The van der Waals surface area contributed by atoms with Crippen molar-refractivity contribution in [3.63, 3.8) is 0 Å². The molecule has 15 heteroatoms. The van der Waals surface area contributed by atoms with E-state index in [4.69, 9.17) is 37.9 Å². The molecule has 0 aliphatic carbocycles. The lowest BCUT2D eigenvalue weighted by Crippen LogP contribution is -2.63. The molecule has 0 amide bonds. The van der Waals surface area contributed by atoms with Gasteiger partial charge in [0.2, 0.25) is 12.4 Å². The number of benzene rings is 3. The van der Waals surface area contributed by atoms with Crippen LogP contribution in [0.2, 0.25) is 0 Å². The van der Waals surface area contributed by atoms with E-state index in [9.17, 15) is 28.8 Å². The van der Waals surface area contributed by atoms with Crippen molar-refractivity contribution < 1.29 is 66.7 Å². The van der Waals surface area contributed by atoms with Crippen molar-refractivity contribution in [3.8, 4) is 17.2 Å². The lowest BCUT2D eigenvalue weighted by Gasteiger charge is -2.44. The van der Waals surface area contributed by atoms with E-state index < -0.39 is 73.1 Å². The Kier molecular flexibility index (Phi) is 13.3. The van der Waals surface area contributed by atoms with Crippen LogP contribution in [0.15, 0.2) is 54.6 Å². The standard InChI is InChI=1S/C41H45NO14/c1-8-42(9-2)28-14-15-30-34(18-28)54-37-31(36(30)29-13-11-10-12-27(29)20-49-22(3)44)16-17-33(32(37)19-43)55-41-40(53-26(7)48)39(52-25(6)47)38(51-24(5)46)35(56-41)21-50-23(4)45/h10-19,35-36,38-41H,8-9,20-21H2,1-7H3/t35-,36?,38+,39+,40-,41-/m1/s1. The molecular formula is C41H45NO14. The Morgan fingerprint density at radius 1 is 0.714 bits per heavy atom. The molecule has 6 atom stereocenters. The summed E-state index contributed by atoms with van der Waals surface area (Å²) in [7, 11) is 0. The average Bonchev–Trinajstić information content (AvgIpc) is 3.14. The Morgan fingerprint density at radius 3 is 1.96 bits per heavy atom. The molecule has 3 aromatic rings. The minimum absolute atomic E-state index is 0.00962. The number of rotatable bonds is 14. The highest BCUT2D eigenvalue weighted by molar-refractivity contribution is 5.86. The molecule has 5 rings (SSSR count). The summed E-state index contributed by atoms with van der Waals surface area (Å²) >= 11 is 0. The fourth-order valence-corrected chi connectivity index (χ4v) is 6.94. The van der Waals surface area contributed by atoms with Crippen molar-refractivity contribution in [2.75, 3.05) is 24.6 Å². The predicted octanol–water partition coefficient (Wildman–Crippen LogP) is 5.16. The SMILES string of the molecule is CCN(CC)c1ccc2c(c1)Oc1c(ccc(O[C@@H]3O[C@H](COC(C)=O)[C@H](OC(C)=O)[C@H](OC(C)=O)[C@H]3OC(C)=O)c1C=O)C2c1ccccc1COC(C)=O. The average molecular weight is 776 g/mol. The van der Waals surface area contributed by atoms with Crippen molar-refractivity contribution in [1.82, 2.24) is 0 Å². The van der Waals surface area contributed by atoms with Crippen LogP contribution in [0, 0.1) is 0 Å². The van der Waals surface area contributed by atoms with Crippen molar-refractivity contribution in [3.05, 3.63) is 82.4 Å². The molecule has 0 spiro atoms. The molecule has 1 unspecified atom stereocenters. The Balaban J connectivity index is 1.65. The van der Waals surface area contributed by atoms with Crippen molar-refractivity contribution in [1.29, 1.82) is 0 Å². The minimum Gasteiger partial charge on any atom is -0.463 e. The lowest BCUT2D eigenvalue weighted by atomic mass is 9.80. The van der Waals surface area contributed by atoms with E-state index >= 15 is 0 Å². The van der Waals surface area contributed by atoms with Crippen LogP contribution in [0.1, 0.15) is 87.0 Å². The topological polar surface area (TPSA) is 180 Å². The van der Waals surface area contributed by atoms with E-state index in [1.165, 1.54) is 13.0 Å². The molecule has 15 nitrogen and oxygen atoms in total. The van der Waals surface area contributed by atoms with E-state index in [-0.39, 0.29) is 23.7 Å². The van der Waals surface area contributed by atoms with Gasteiger partial charge in [0.25, 0.3) is 0 Å². The molecule has 2 aliphatic rings. The van der Waals surface area contributed by atoms with E-state index in [1.54, 1.807) is 6.07 Å². The van der Waals surface area contributed by atoms with Gasteiger partial charge in [-0.15, -0.1) is 0 Å². The number of ether oxygens (including phenoxy) is 8. The number of hydrogen-bond donors (Lipinski definition) is 0. The van der Waals surface area contributed by atoms with Crippen LogP contribution in [0.4, 0.5) is 5.69 Å². The molecule has 0 bridgehead atoms. The van der Waals surface area contributed by atoms with Gasteiger partial charge in [0, 0.05) is 76.5 Å². The molecule has 0 aromatic heterocycles. The van der Waals surface area contributed by atoms with Crippen LogP contribution in [-0.2, 0) is 59.0 Å². The maximum atomic E-state index is 13.2. The first-order chi connectivity index (χ1) is 26.8. The summed E-state index contributed by atoms with van der Waals surface area (Å²) in [5, 5.41) is 0. The molecule has 1 fully saturated rings. The second-order valence-corrected chi connectivity index (χ2v) is 13.1. The van der Waals surface area contributed by atoms with E-state index in [1.807, 2.05) is 56.3 Å². The van der Waals surface area contributed by atoms with Gasteiger partial charge in [-0.3, -0.25) is 28.8 Å². The first-order valence-corrected chi connectivity index (χ1v) is 18.1. The van der Waals surface area contributed by atoms with Crippen molar-refractivity contribution in [2.45, 2.75) is 91.7 Å². The number of carbonyl (C=O) groups is 6. The highest BCUT2D eigenvalue weighted by Gasteiger charge is 2.53. The molecule has 298 valence electrons. The molecule has 0 radical (unpaired) electrons. The van der Waals surface area contributed by atoms with Gasteiger partial charge in [0.05, 0.1) is 5.56 Å². The number of anilines is 1. The molecule has 2 heterocycles. The highest BCUT2D eigenvalue weighted by atomic mass is 16.7. The molecule has 3 aromatic carbocycles. The smallest absolute Gasteiger partial charge is 0.303 e. The zero-order valence-corrected chi connectivity index (χ0v) is 32.2. The predicted molar refractivity (Wildman–Crippen MR) is 197 cm³/mol. The third-order valence-corrected chi connectivity index (χ3v) is 9.25. The largest absolute Gasteiger partial charge is 0.463 e. The fourth-order valence-electron chi connectivity index (χ4n) is 6.94. The van der Waals surface area contributed by atoms with Crippen LogP contribution in [0.25, 0.3) is 0 Å². The van der Waals surface area contributed by atoms with E-state index in [0.717, 1.165) is 63.2 Å². The number of esters is 5. The van der Waals surface area contributed by atoms with Crippen LogP contribution in [0.5, 0.6) is 17.2 Å². The van der Waals surface area contributed by atoms with E-state index in [2.05, 4.69) is 4.90 Å². The van der Waals surface area contributed by atoms with Crippen LogP contribution < -0.4 is 14.4 Å². The Bertz CT molecular complexity index is 1970. The van der Waals surface area contributed by atoms with Gasteiger partial charge in [-0.1, -0.05) is 36.4 Å². The number of fused-ring (bicyclic) bond motifs is 2. The molecule has 56 heavy (non-hydrogen) atoms. The van der Waals surface area contributed by atoms with Gasteiger partial charge in [-0.25, -0.2) is 0 Å². The molecular weight excluding hydrogens is 730 g/mol. The van der Waals surface area contributed by atoms with Crippen LogP contribution in [0.3, 0.4) is 0 Å². The number of aldehydes is 1. The summed E-state index contributed by atoms with van der Waals surface area (Å²) in [5.41, 5.74) is 3.80. The number of nitrogens with zero attached hydrogens (tertiary/aromatic N) is 1. The third-order valence-electron chi connectivity index (χ3n) is 9.25. The summed E-state index contributed by atoms with van der Waals surface area (Å²) in [6.45, 7) is 10.9. The van der Waals surface area contributed by atoms with Gasteiger partial charge < -0.3 is 42.8 Å². The fraction of sp³-hybridized carbons (Fsp3) is 0.415. The number of hydrogen-bond acceptors (Lipinski definition) is 15. The monoisotopic (exact) mass is 775 g/mol. The van der Waals surface area contributed by atoms with Gasteiger partial charge in [0.1, 0.15) is 36.6 Å². The second-order valence-electron chi connectivity index (χ2n) is 13.1. The first kappa shape index (κ1) is 41.2. The molecule has 2 aliphatic heterocycles. The molecule has 0 saturated carbocycles. The van der Waals surface area contributed by atoms with E-state index in [0.29, 0.717) is 17.6 Å². The quantitative estimate of drug-likeness (QED) is 0.0931.